The molecule has 2 aromatic heterocycles. The molecule has 0 saturated carbocycles. The number of hydrogen-bond donors (Lipinski definition) is 0. The molecule has 5 aromatic carbocycles. The molecule has 0 spiro atoms. The topological polar surface area (TPSA) is 0 Å². The molecule has 0 nitrogen and oxygen atoms in total. The van der Waals surface area contributed by atoms with E-state index in [0.29, 0.717) is 29.0 Å². The standard InChI is InChI=1S/C26H14Se2/c1-2-8-16-15(7-1)13-14-21-23-22-19-11-5-3-9-17(19)18-10-4-6-12-20(18)25(22)28-26(23)27-24(16)21/h1-14H. The van der Waals surface area contributed by atoms with E-state index in [1.165, 1.54) is 43.1 Å². The average molecular weight is 484 g/mol. The van der Waals surface area contributed by atoms with Gasteiger partial charge in [0.2, 0.25) is 0 Å². The fraction of sp³-hybridized carbons (Fsp3) is 0. The van der Waals surface area contributed by atoms with Gasteiger partial charge in [-0.3, -0.25) is 0 Å². The van der Waals surface area contributed by atoms with E-state index in [1.807, 2.05) is 0 Å². The Morgan fingerprint density at radius 3 is 1.82 bits per heavy atom. The Bertz CT molecular complexity index is 1680. The summed E-state index contributed by atoms with van der Waals surface area (Å²) < 4.78 is 4.93. The van der Waals surface area contributed by atoms with Gasteiger partial charge in [0.05, 0.1) is 0 Å². The molecule has 0 amide bonds. The van der Waals surface area contributed by atoms with Crippen molar-refractivity contribution in [2.45, 2.75) is 0 Å². The van der Waals surface area contributed by atoms with Crippen LogP contribution in [-0.2, 0) is 0 Å². The molecular formula is C26H14Se2. The van der Waals surface area contributed by atoms with Crippen molar-refractivity contribution in [1.82, 2.24) is 0 Å². The summed E-state index contributed by atoms with van der Waals surface area (Å²) in [6.45, 7) is 0. The minimum absolute atomic E-state index is 0.425. The predicted octanol–water partition coefficient (Wildman–Crippen LogP) is 6.72. The first-order valence-electron chi connectivity index (χ1n) is 9.46. The normalized spacial score (nSPS) is 12.3. The van der Waals surface area contributed by atoms with Gasteiger partial charge < -0.3 is 0 Å². The summed E-state index contributed by atoms with van der Waals surface area (Å²) >= 11 is 0.862. The van der Waals surface area contributed by atoms with Gasteiger partial charge in [-0.25, -0.2) is 0 Å². The number of rotatable bonds is 0. The van der Waals surface area contributed by atoms with E-state index >= 15 is 0 Å². The predicted molar refractivity (Wildman–Crippen MR) is 125 cm³/mol. The molecule has 0 aliphatic heterocycles. The van der Waals surface area contributed by atoms with Crippen LogP contribution in [0.2, 0.25) is 0 Å². The molecule has 2 heterocycles. The molecule has 7 aromatic rings. The zero-order chi connectivity index (χ0) is 18.2. The van der Waals surface area contributed by atoms with Crippen LogP contribution in [0.1, 0.15) is 0 Å². The summed E-state index contributed by atoms with van der Waals surface area (Å²) in [5, 5.41) is 13.1. The van der Waals surface area contributed by atoms with E-state index < -0.39 is 0 Å². The van der Waals surface area contributed by atoms with Crippen molar-refractivity contribution >= 4 is 89.1 Å². The second kappa shape index (κ2) is 5.60. The molecule has 0 saturated heterocycles. The van der Waals surface area contributed by atoms with Crippen molar-refractivity contribution in [3.05, 3.63) is 84.9 Å². The van der Waals surface area contributed by atoms with E-state index in [0.717, 1.165) is 0 Å². The molecule has 0 N–H and O–H groups in total. The third-order valence-corrected chi connectivity index (χ3v) is 12.0. The molecular weight excluding hydrogens is 470 g/mol. The maximum atomic E-state index is 2.39. The van der Waals surface area contributed by atoms with Gasteiger partial charge in [0.1, 0.15) is 0 Å². The summed E-state index contributed by atoms with van der Waals surface area (Å²) in [4.78, 5) is 0. The quantitative estimate of drug-likeness (QED) is 0.166. The SMILES string of the molecule is c1ccc2c(c1)ccc1c2[se]c2[se]c3c4ccccc4c4ccccc4c3c21. The Labute approximate surface area is 173 Å². The summed E-state index contributed by atoms with van der Waals surface area (Å²) in [7, 11) is 0. The van der Waals surface area contributed by atoms with Gasteiger partial charge in [0.15, 0.2) is 0 Å². The van der Waals surface area contributed by atoms with Crippen LogP contribution in [0, 0.1) is 0 Å². The first kappa shape index (κ1) is 15.6. The number of benzene rings is 5. The minimum atomic E-state index is 0.425. The van der Waals surface area contributed by atoms with Gasteiger partial charge in [-0.05, 0) is 0 Å². The zero-order valence-electron chi connectivity index (χ0n) is 14.9. The molecule has 130 valence electrons. The van der Waals surface area contributed by atoms with Crippen molar-refractivity contribution in [3.63, 3.8) is 0 Å². The summed E-state index contributed by atoms with van der Waals surface area (Å²) in [5.74, 6) is 0. The molecule has 28 heavy (non-hydrogen) atoms. The van der Waals surface area contributed by atoms with Crippen LogP contribution in [0.5, 0.6) is 0 Å². The van der Waals surface area contributed by atoms with Crippen LogP contribution < -0.4 is 0 Å². The van der Waals surface area contributed by atoms with Crippen LogP contribution >= 0.6 is 0 Å². The second-order valence-electron chi connectivity index (χ2n) is 7.33. The number of hydrogen-bond acceptors (Lipinski definition) is 0. The fourth-order valence-corrected chi connectivity index (χ4v) is 11.6. The van der Waals surface area contributed by atoms with E-state index in [2.05, 4.69) is 84.9 Å². The van der Waals surface area contributed by atoms with Crippen molar-refractivity contribution in [2.24, 2.45) is 0 Å². The molecule has 7 rings (SSSR count). The molecule has 0 atom stereocenters. The molecule has 0 unspecified atom stereocenters. The molecule has 0 radical (unpaired) electrons. The van der Waals surface area contributed by atoms with E-state index in [9.17, 15) is 0 Å². The average Bonchev–Trinajstić information content (AvgIpc) is 3.30. The molecule has 0 bridgehead atoms. The summed E-state index contributed by atoms with van der Waals surface area (Å²) in [6.07, 6.45) is 0. The van der Waals surface area contributed by atoms with Crippen molar-refractivity contribution in [3.8, 4) is 0 Å². The maximum absolute atomic E-state index is 2.39. The Balaban J connectivity index is 1.82. The molecule has 0 fully saturated rings. The van der Waals surface area contributed by atoms with Crippen molar-refractivity contribution < 1.29 is 0 Å². The fourth-order valence-electron chi connectivity index (χ4n) is 4.67. The molecule has 0 aliphatic carbocycles. The van der Waals surface area contributed by atoms with Crippen molar-refractivity contribution in [2.75, 3.05) is 0 Å². The third kappa shape index (κ3) is 1.91. The monoisotopic (exact) mass is 486 g/mol. The number of fused-ring (bicyclic) bond motifs is 12. The Morgan fingerprint density at radius 1 is 0.393 bits per heavy atom. The first-order chi connectivity index (χ1) is 13.9. The summed E-state index contributed by atoms with van der Waals surface area (Å²) in [6, 6.07) is 31.6. The Hall–Kier alpha value is -2.34. The van der Waals surface area contributed by atoms with Crippen LogP contribution in [0.3, 0.4) is 0 Å². The van der Waals surface area contributed by atoms with Crippen LogP contribution in [-0.4, -0.2) is 29.0 Å². The van der Waals surface area contributed by atoms with E-state index in [1.54, 1.807) is 17.0 Å². The third-order valence-electron chi connectivity index (χ3n) is 5.88. The Kier molecular flexibility index (Phi) is 3.11. The van der Waals surface area contributed by atoms with Gasteiger partial charge >= 0.3 is 174 Å². The summed E-state index contributed by atoms with van der Waals surface area (Å²) in [5.41, 5.74) is 0. The zero-order valence-corrected chi connectivity index (χ0v) is 18.3. The van der Waals surface area contributed by atoms with Crippen LogP contribution in [0.25, 0.3) is 60.1 Å². The van der Waals surface area contributed by atoms with Gasteiger partial charge in [-0.2, -0.15) is 0 Å². The van der Waals surface area contributed by atoms with Gasteiger partial charge in [-0.1, -0.05) is 0 Å². The Morgan fingerprint density at radius 2 is 1.00 bits per heavy atom. The first-order valence-corrected chi connectivity index (χ1v) is 12.9. The van der Waals surface area contributed by atoms with E-state index in [4.69, 9.17) is 0 Å². The van der Waals surface area contributed by atoms with Crippen molar-refractivity contribution in [1.29, 1.82) is 0 Å². The van der Waals surface area contributed by atoms with Crippen LogP contribution in [0.15, 0.2) is 84.9 Å². The molecule has 2 heteroatoms. The van der Waals surface area contributed by atoms with E-state index in [-0.39, 0.29) is 0 Å². The van der Waals surface area contributed by atoms with Gasteiger partial charge in [0, 0.05) is 0 Å². The van der Waals surface area contributed by atoms with Gasteiger partial charge in [-0.15, -0.1) is 0 Å². The van der Waals surface area contributed by atoms with Gasteiger partial charge in [0.25, 0.3) is 0 Å². The molecule has 0 aliphatic rings. The van der Waals surface area contributed by atoms with Crippen LogP contribution in [0.4, 0.5) is 0 Å². The second-order valence-corrected chi connectivity index (χ2v) is 12.9.